The van der Waals surface area contributed by atoms with Gasteiger partial charge in [0, 0.05) is 12.6 Å². The summed E-state index contributed by atoms with van der Waals surface area (Å²) in [7, 11) is 2.18. The number of hydrogen-bond donors (Lipinski definition) is 1. The minimum atomic E-state index is -0.631. The van der Waals surface area contributed by atoms with E-state index in [-0.39, 0.29) is 5.41 Å². The van der Waals surface area contributed by atoms with Crippen LogP contribution in [0.3, 0.4) is 0 Å². The first-order valence-electron chi connectivity index (χ1n) is 6.93. The number of nitrogens with zero attached hydrogens (tertiary/aromatic N) is 1. The molecule has 1 N–H and O–H groups in total. The molecule has 2 fully saturated rings. The maximum Gasteiger partial charge on any atom is 0.303 e. The second-order valence-electron chi connectivity index (χ2n) is 6.40. The molecule has 3 heteroatoms. The Labute approximate surface area is 104 Å². The van der Waals surface area contributed by atoms with Gasteiger partial charge in [0.1, 0.15) is 0 Å². The highest BCUT2D eigenvalue weighted by Gasteiger charge is 2.45. The van der Waals surface area contributed by atoms with Crippen molar-refractivity contribution in [2.24, 2.45) is 11.3 Å². The Morgan fingerprint density at radius 1 is 1.29 bits per heavy atom. The normalized spacial score (nSPS) is 31.5. The lowest BCUT2D eigenvalue weighted by molar-refractivity contribution is -0.138. The molecule has 98 valence electrons. The van der Waals surface area contributed by atoms with Crippen molar-refractivity contribution in [3.8, 4) is 0 Å². The molecular formula is C14H25NO2. The number of aliphatic carboxylic acids is 1. The fourth-order valence-electron chi connectivity index (χ4n) is 3.23. The van der Waals surface area contributed by atoms with Crippen molar-refractivity contribution < 1.29 is 9.90 Å². The van der Waals surface area contributed by atoms with E-state index in [0.29, 0.717) is 12.5 Å². The summed E-state index contributed by atoms with van der Waals surface area (Å²) in [6.07, 6.45) is 7.82. The van der Waals surface area contributed by atoms with Gasteiger partial charge in [-0.15, -0.1) is 0 Å². The zero-order valence-corrected chi connectivity index (χ0v) is 11.1. The average molecular weight is 239 g/mol. The predicted octanol–water partition coefficient (Wildman–Crippen LogP) is 2.75. The summed E-state index contributed by atoms with van der Waals surface area (Å²) in [5, 5.41) is 8.93. The molecule has 3 nitrogen and oxygen atoms in total. The SMILES string of the molecule is CC1CCC(N(C)CC2(CC(=O)O)CC2)CC1. The first-order valence-corrected chi connectivity index (χ1v) is 6.93. The monoisotopic (exact) mass is 239 g/mol. The van der Waals surface area contributed by atoms with E-state index in [1.807, 2.05) is 0 Å². The molecule has 0 aromatic carbocycles. The Morgan fingerprint density at radius 2 is 1.88 bits per heavy atom. The third-order valence-electron chi connectivity index (χ3n) is 4.68. The molecule has 0 saturated heterocycles. The molecule has 0 unspecified atom stereocenters. The van der Waals surface area contributed by atoms with Gasteiger partial charge in [0.2, 0.25) is 0 Å². The van der Waals surface area contributed by atoms with Crippen LogP contribution in [0.25, 0.3) is 0 Å². The van der Waals surface area contributed by atoms with E-state index in [1.165, 1.54) is 25.7 Å². The summed E-state index contributed by atoms with van der Waals surface area (Å²) in [4.78, 5) is 13.3. The van der Waals surface area contributed by atoms with Crippen LogP contribution in [0.4, 0.5) is 0 Å². The summed E-state index contributed by atoms with van der Waals surface area (Å²) in [6, 6.07) is 0.692. The summed E-state index contributed by atoms with van der Waals surface area (Å²) in [5.41, 5.74) is 0.115. The van der Waals surface area contributed by atoms with Gasteiger partial charge in [0.25, 0.3) is 0 Å². The van der Waals surface area contributed by atoms with Gasteiger partial charge in [-0.3, -0.25) is 4.79 Å². The molecule has 2 saturated carbocycles. The largest absolute Gasteiger partial charge is 0.481 e. The van der Waals surface area contributed by atoms with Crippen LogP contribution in [0, 0.1) is 11.3 Å². The average Bonchev–Trinajstić information content (AvgIpc) is 2.97. The van der Waals surface area contributed by atoms with Crippen molar-refractivity contribution in [3.63, 3.8) is 0 Å². The van der Waals surface area contributed by atoms with Crippen LogP contribution in [0.2, 0.25) is 0 Å². The van der Waals surface area contributed by atoms with Gasteiger partial charge in [-0.05, 0) is 56.9 Å². The van der Waals surface area contributed by atoms with Crippen molar-refractivity contribution in [3.05, 3.63) is 0 Å². The molecule has 0 amide bonds. The van der Waals surface area contributed by atoms with Gasteiger partial charge in [0.15, 0.2) is 0 Å². The molecule has 2 aliphatic carbocycles. The Kier molecular flexibility index (Phi) is 3.76. The van der Waals surface area contributed by atoms with Crippen molar-refractivity contribution in [1.29, 1.82) is 0 Å². The van der Waals surface area contributed by atoms with E-state index in [0.717, 1.165) is 25.3 Å². The van der Waals surface area contributed by atoms with Crippen molar-refractivity contribution >= 4 is 5.97 Å². The molecule has 2 aliphatic rings. The highest BCUT2D eigenvalue weighted by molar-refractivity contribution is 5.68. The summed E-state index contributed by atoms with van der Waals surface area (Å²) in [6.45, 7) is 3.32. The first-order chi connectivity index (χ1) is 8.01. The van der Waals surface area contributed by atoms with Crippen molar-refractivity contribution in [2.75, 3.05) is 13.6 Å². The van der Waals surface area contributed by atoms with E-state index < -0.39 is 5.97 Å². The topological polar surface area (TPSA) is 40.5 Å². The second kappa shape index (κ2) is 4.97. The minimum Gasteiger partial charge on any atom is -0.481 e. The summed E-state index contributed by atoms with van der Waals surface area (Å²) in [5.74, 6) is 0.252. The van der Waals surface area contributed by atoms with Gasteiger partial charge in [-0.1, -0.05) is 6.92 Å². The maximum absolute atomic E-state index is 10.8. The molecule has 0 radical (unpaired) electrons. The van der Waals surface area contributed by atoms with Gasteiger partial charge >= 0.3 is 5.97 Å². The molecule has 0 atom stereocenters. The maximum atomic E-state index is 10.8. The zero-order chi connectivity index (χ0) is 12.5. The molecule has 2 rings (SSSR count). The van der Waals surface area contributed by atoms with Crippen LogP contribution in [0.15, 0.2) is 0 Å². The Bertz CT molecular complexity index is 278. The van der Waals surface area contributed by atoms with E-state index in [9.17, 15) is 4.79 Å². The quantitative estimate of drug-likeness (QED) is 0.802. The molecular weight excluding hydrogens is 214 g/mol. The third-order valence-corrected chi connectivity index (χ3v) is 4.68. The Hall–Kier alpha value is -0.570. The van der Waals surface area contributed by atoms with Gasteiger partial charge in [-0.25, -0.2) is 0 Å². The van der Waals surface area contributed by atoms with Crippen LogP contribution < -0.4 is 0 Å². The van der Waals surface area contributed by atoms with Crippen molar-refractivity contribution in [2.45, 2.75) is 57.9 Å². The Balaban J connectivity index is 1.80. The van der Waals surface area contributed by atoms with Crippen LogP contribution >= 0.6 is 0 Å². The fraction of sp³-hybridized carbons (Fsp3) is 0.929. The van der Waals surface area contributed by atoms with E-state index in [4.69, 9.17) is 5.11 Å². The number of carboxylic acid groups (broad SMARTS) is 1. The van der Waals surface area contributed by atoms with Gasteiger partial charge in [0.05, 0.1) is 6.42 Å². The summed E-state index contributed by atoms with van der Waals surface area (Å²) < 4.78 is 0. The zero-order valence-electron chi connectivity index (χ0n) is 11.1. The van der Waals surface area contributed by atoms with Crippen LogP contribution in [-0.2, 0) is 4.79 Å². The number of carboxylic acids is 1. The molecule has 0 aliphatic heterocycles. The summed E-state index contributed by atoms with van der Waals surface area (Å²) >= 11 is 0. The highest BCUT2D eigenvalue weighted by Crippen LogP contribution is 2.49. The molecule has 17 heavy (non-hydrogen) atoms. The molecule has 0 spiro atoms. The van der Waals surface area contributed by atoms with Crippen LogP contribution in [0.5, 0.6) is 0 Å². The first kappa shape index (κ1) is 12.9. The third kappa shape index (κ3) is 3.44. The molecule has 0 bridgehead atoms. The number of carbonyl (C=O) groups is 1. The lowest BCUT2D eigenvalue weighted by Crippen LogP contribution is -2.39. The van der Waals surface area contributed by atoms with Crippen LogP contribution in [0.1, 0.15) is 51.9 Å². The molecule has 0 aromatic heterocycles. The van der Waals surface area contributed by atoms with E-state index in [1.54, 1.807) is 0 Å². The molecule has 0 aromatic rings. The molecule has 0 heterocycles. The standard InChI is InChI=1S/C14H25NO2/c1-11-3-5-12(6-4-11)15(2)10-14(7-8-14)9-13(16)17/h11-12H,3-10H2,1-2H3,(H,16,17). The fourth-order valence-corrected chi connectivity index (χ4v) is 3.23. The number of hydrogen-bond acceptors (Lipinski definition) is 2. The number of rotatable bonds is 5. The lowest BCUT2D eigenvalue weighted by Gasteiger charge is -2.35. The Morgan fingerprint density at radius 3 is 2.35 bits per heavy atom. The van der Waals surface area contributed by atoms with E-state index >= 15 is 0 Å². The van der Waals surface area contributed by atoms with Gasteiger partial charge < -0.3 is 10.0 Å². The van der Waals surface area contributed by atoms with E-state index in [2.05, 4.69) is 18.9 Å². The predicted molar refractivity (Wildman–Crippen MR) is 68.0 cm³/mol. The highest BCUT2D eigenvalue weighted by atomic mass is 16.4. The minimum absolute atomic E-state index is 0.115. The second-order valence-corrected chi connectivity index (χ2v) is 6.40. The van der Waals surface area contributed by atoms with Gasteiger partial charge in [-0.2, -0.15) is 0 Å². The van der Waals surface area contributed by atoms with Crippen molar-refractivity contribution in [1.82, 2.24) is 4.90 Å². The smallest absolute Gasteiger partial charge is 0.303 e. The lowest BCUT2D eigenvalue weighted by atomic mass is 9.86. The van der Waals surface area contributed by atoms with Crippen LogP contribution in [-0.4, -0.2) is 35.6 Å².